The van der Waals surface area contributed by atoms with E-state index in [0.29, 0.717) is 5.56 Å². The van der Waals surface area contributed by atoms with Gasteiger partial charge in [0.2, 0.25) is 0 Å². The van der Waals surface area contributed by atoms with Gasteiger partial charge >= 0.3 is 12.3 Å². The third-order valence-corrected chi connectivity index (χ3v) is 3.55. The Morgan fingerprint density at radius 2 is 1.67 bits per heavy atom. The highest BCUT2D eigenvalue weighted by Crippen LogP contribution is 2.37. The maximum absolute atomic E-state index is 12.2. The zero-order valence-corrected chi connectivity index (χ0v) is 14.4. The number of hydrogen-bond donors (Lipinski definition) is 0. The number of halogens is 3. The second kappa shape index (κ2) is 7.52. The van der Waals surface area contributed by atoms with E-state index in [4.69, 9.17) is 4.74 Å². The van der Waals surface area contributed by atoms with Gasteiger partial charge < -0.3 is 14.2 Å². The number of alkyl halides is 3. The van der Waals surface area contributed by atoms with Gasteiger partial charge in [0.1, 0.15) is 22.8 Å². The average molecular weight is 385 g/mol. The number of benzene rings is 2. The van der Waals surface area contributed by atoms with Gasteiger partial charge in [-0.05, 0) is 43.7 Å². The lowest BCUT2D eigenvalue weighted by molar-refractivity contribution is -0.385. The van der Waals surface area contributed by atoms with Crippen molar-refractivity contribution >= 4 is 11.7 Å². The maximum Gasteiger partial charge on any atom is 0.573 e. The second-order valence-electron chi connectivity index (χ2n) is 5.41. The molecule has 0 aliphatic carbocycles. The van der Waals surface area contributed by atoms with Crippen molar-refractivity contribution in [2.24, 2.45) is 0 Å². The highest BCUT2D eigenvalue weighted by molar-refractivity contribution is 5.96. The molecule has 0 N–H and O–H groups in total. The molecule has 0 aliphatic heterocycles. The van der Waals surface area contributed by atoms with E-state index in [1.165, 1.54) is 26.0 Å². The van der Waals surface area contributed by atoms with Crippen molar-refractivity contribution < 1.29 is 37.1 Å². The SMILES string of the molecule is COC(=O)c1c([N+](=O)[O-])cc(C)c(Oc2ccc(OC(F)(F)F)cc2)c1C. The quantitative estimate of drug-likeness (QED) is 0.422. The fraction of sp³-hybridized carbons (Fsp3) is 0.235. The summed E-state index contributed by atoms with van der Waals surface area (Å²) in [6.07, 6.45) is -4.82. The van der Waals surface area contributed by atoms with Crippen LogP contribution in [-0.2, 0) is 4.74 Å². The van der Waals surface area contributed by atoms with Crippen LogP contribution < -0.4 is 9.47 Å². The van der Waals surface area contributed by atoms with Crippen LogP contribution >= 0.6 is 0 Å². The average Bonchev–Trinajstić information content (AvgIpc) is 2.57. The molecule has 144 valence electrons. The Balaban J connectivity index is 2.41. The Kier molecular flexibility index (Phi) is 5.58. The van der Waals surface area contributed by atoms with Crippen LogP contribution in [0.15, 0.2) is 30.3 Å². The molecule has 0 amide bonds. The van der Waals surface area contributed by atoms with Crippen LogP contribution in [0, 0.1) is 24.0 Å². The number of aryl methyl sites for hydroxylation is 1. The molecule has 7 nitrogen and oxygen atoms in total. The molecule has 0 aromatic heterocycles. The molecule has 0 saturated carbocycles. The molecule has 10 heteroatoms. The minimum atomic E-state index is -4.82. The largest absolute Gasteiger partial charge is 0.573 e. The van der Waals surface area contributed by atoms with E-state index >= 15 is 0 Å². The smallest absolute Gasteiger partial charge is 0.465 e. The van der Waals surface area contributed by atoms with Crippen LogP contribution in [0.1, 0.15) is 21.5 Å². The molecular weight excluding hydrogens is 371 g/mol. The van der Waals surface area contributed by atoms with Crippen molar-refractivity contribution in [3.05, 3.63) is 57.1 Å². The summed E-state index contributed by atoms with van der Waals surface area (Å²) in [6, 6.07) is 5.74. The molecule has 0 radical (unpaired) electrons. The third kappa shape index (κ3) is 4.66. The van der Waals surface area contributed by atoms with Gasteiger partial charge in [0.25, 0.3) is 5.69 Å². The van der Waals surface area contributed by atoms with E-state index in [1.807, 2.05) is 0 Å². The highest BCUT2D eigenvalue weighted by Gasteiger charge is 2.31. The molecule has 0 aliphatic rings. The zero-order valence-electron chi connectivity index (χ0n) is 14.4. The first-order valence-electron chi connectivity index (χ1n) is 7.44. The molecule has 0 bridgehead atoms. The number of carbonyl (C=O) groups is 1. The molecule has 2 rings (SSSR count). The summed E-state index contributed by atoms with van der Waals surface area (Å²) in [6.45, 7) is 2.99. The van der Waals surface area contributed by atoms with Gasteiger partial charge in [-0.3, -0.25) is 10.1 Å². The van der Waals surface area contributed by atoms with Gasteiger partial charge in [-0.15, -0.1) is 13.2 Å². The van der Waals surface area contributed by atoms with Crippen molar-refractivity contribution in [3.8, 4) is 17.2 Å². The van der Waals surface area contributed by atoms with Gasteiger partial charge in [-0.25, -0.2) is 4.79 Å². The number of methoxy groups -OCH3 is 1. The van der Waals surface area contributed by atoms with E-state index in [1.54, 1.807) is 0 Å². The summed E-state index contributed by atoms with van der Waals surface area (Å²) < 4.78 is 50.6. The number of nitro benzene ring substituents is 1. The topological polar surface area (TPSA) is 87.9 Å². The van der Waals surface area contributed by atoms with E-state index in [0.717, 1.165) is 25.3 Å². The summed E-state index contributed by atoms with van der Waals surface area (Å²) in [4.78, 5) is 22.5. The Morgan fingerprint density at radius 1 is 1.11 bits per heavy atom. The van der Waals surface area contributed by atoms with Crippen molar-refractivity contribution in [1.82, 2.24) is 0 Å². The third-order valence-electron chi connectivity index (χ3n) is 3.55. The summed E-state index contributed by atoms with van der Waals surface area (Å²) in [5, 5.41) is 11.2. The van der Waals surface area contributed by atoms with Crippen molar-refractivity contribution in [3.63, 3.8) is 0 Å². The molecule has 2 aromatic rings. The monoisotopic (exact) mass is 385 g/mol. The normalized spacial score (nSPS) is 11.0. The van der Waals surface area contributed by atoms with Gasteiger partial charge in [-0.1, -0.05) is 0 Å². The number of rotatable bonds is 5. The van der Waals surface area contributed by atoms with E-state index < -0.39 is 28.7 Å². The van der Waals surface area contributed by atoms with E-state index in [2.05, 4.69) is 9.47 Å². The number of nitro groups is 1. The first kappa shape index (κ1) is 20.0. The fourth-order valence-electron chi connectivity index (χ4n) is 2.43. The van der Waals surface area contributed by atoms with Crippen LogP contribution in [0.5, 0.6) is 17.2 Å². The zero-order chi connectivity index (χ0) is 20.4. The minimum absolute atomic E-state index is 0.153. The predicted molar refractivity (Wildman–Crippen MR) is 87.1 cm³/mol. The molecule has 27 heavy (non-hydrogen) atoms. The Bertz CT molecular complexity index is 878. The van der Waals surface area contributed by atoms with Crippen LogP contribution in [-0.4, -0.2) is 24.4 Å². The molecule has 0 saturated heterocycles. The van der Waals surface area contributed by atoms with Gasteiger partial charge in [0, 0.05) is 11.6 Å². The van der Waals surface area contributed by atoms with Crippen LogP contribution in [0.2, 0.25) is 0 Å². The summed E-state index contributed by atoms with van der Waals surface area (Å²) in [5.74, 6) is -1.02. The lowest BCUT2D eigenvalue weighted by Gasteiger charge is -2.15. The Labute approximate surface area is 151 Å². The first-order chi connectivity index (χ1) is 12.5. The molecule has 0 heterocycles. The van der Waals surface area contributed by atoms with Gasteiger partial charge in [-0.2, -0.15) is 0 Å². The van der Waals surface area contributed by atoms with Crippen molar-refractivity contribution in [1.29, 1.82) is 0 Å². The molecule has 0 fully saturated rings. The number of carbonyl (C=O) groups excluding carboxylic acids is 1. The molecule has 2 aromatic carbocycles. The van der Waals surface area contributed by atoms with Gasteiger partial charge in [0.05, 0.1) is 12.0 Å². The van der Waals surface area contributed by atoms with Crippen LogP contribution in [0.3, 0.4) is 0 Å². The van der Waals surface area contributed by atoms with Gasteiger partial charge in [0.15, 0.2) is 0 Å². The Morgan fingerprint density at radius 3 is 2.15 bits per heavy atom. The Hall–Kier alpha value is -3.30. The summed E-state index contributed by atoms with van der Waals surface area (Å²) in [5.41, 5.74) is -0.162. The molecule has 0 atom stereocenters. The molecular formula is C17H14F3NO6. The minimum Gasteiger partial charge on any atom is -0.465 e. The number of nitrogens with zero attached hydrogens (tertiary/aromatic N) is 1. The number of hydrogen-bond acceptors (Lipinski definition) is 6. The molecule has 0 unspecified atom stereocenters. The van der Waals surface area contributed by atoms with E-state index in [-0.39, 0.29) is 22.6 Å². The van der Waals surface area contributed by atoms with Crippen LogP contribution in [0.25, 0.3) is 0 Å². The van der Waals surface area contributed by atoms with E-state index in [9.17, 15) is 28.1 Å². The second-order valence-corrected chi connectivity index (χ2v) is 5.41. The summed E-state index contributed by atoms with van der Waals surface area (Å²) in [7, 11) is 1.09. The van der Waals surface area contributed by atoms with Crippen LogP contribution in [0.4, 0.5) is 18.9 Å². The lowest BCUT2D eigenvalue weighted by atomic mass is 10.0. The van der Waals surface area contributed by atoms with Crippen molar-refractivity contribution in [2.75, 3.05) is 7.11 Å². The number of ether oxygens (including phenoxy) is 3. The molecule has 0 spiro atoms. The number of esters is 1. The predicted octanol–water partition coefficient (Wildman–Crippen LogP) is 4.69. The fourth-order valence-corrected chi connectivity index (χ4v) is 2.43. The van der Waals surface area contributed by atoms with Crippen molar-refractivity contribution in [2.45, 2.75) is 20.2 Å². The first-order valence-corrected chi connectivity index (χ1v) is 7.44. The maximum atomic E-state index is 12.2. The standard InChI is InChI=1S/C17H14F3NO6/c1-9-8-13(21(23)24)14(16(22)25-3)10(2)15(9)26-11-4-6-12(7-5-11)27-17(18,19)20/h4-8H,1-3H3. The lowest BCUT2D eigenvalue weighted by Crippen LogP contribution is -2.16. The highest BCUT2D eigenvalue weighted by atomic mass is 19.4. The summed E-state index contributed by atoms with van der Waals surface area (Å²) >= 11 is 0.